The fourth-order valence-electron chi connectivity index (χ4n) is 5.75. The van der Waals surface area contributed by atoms with Gasteiger partial charge in [0.15, 0.2) is 23.1 Å². The van der Waals surface area contributed by atoms with Crippen LogP contribution in [0.15, 0.2) is 66.9 Å². The first-order valence-electron chi connectivity index (χ1n) is 15.5. The second-order valence-corrected chi connectivity index (χ2v) is 11.7. The van der Waals surface area contributed by atoms with Gasteiger partial charge in [-0.15, -0.1) is 0 Å². The molecule has 0 saturated carbocycles. The van der Waals surface area contributed by atoms with E-state index in [1.54, 1.807) is 38.4 Å². The monoisotopic (exact) mass is 646 g/mol. The van der Waals surface area contributed by atoms with Gasteiger partial charge in [0.25, 0.3) is 0 Å². The Hall–Kier alpha value is -4.81. The summed E-state index contributed by atoms with van der Waals surface area (Å²) in [5.74, 6) is -0.777. The molecule has 12 heteroatoms. The molecular formula is C35H36F2N4O6. The van der Waals surface area contributed by atoms with Crippen molar-refractivity contribution in [1.29, 1.82) is 0 Å². The Balaban J connectivity index is 1.11. The number of pyridine rings is 1. The quantitative estimate of drug-likeness (QED) is 0.161. The van der Waals surface area contributed by atoms with Crippen LogP contribution in [0.2, 0.25) is 0 Å². The summed E-state index contributed by atoms with van der Waals surface area (Å²) >= 11 is 0. The van der Waals surface area contributed by atoms with E-state index in [1.807, 2.05) is 0 Å². The topological polar surface area (TPSA) is 102 Å². The molecule has 2 aliphatic heterocycles. The average Bonchev–Trinajstić information content (AvgIpc) is 3.39. The first kappa shape index (κ1) is 32.1. The van der Waals surface area contributed by atoms with Crippen LogP contribution >= 0.6 is 0 Å². The first-order chi connectivity index (χ1) is 22.7. The molecule has 3 aromatic carbocycles. The van der Waals surface area contributed by atoms with E-state index in [-0.39, 0.29) is 17.9 Å². The molecule has 10 nitrogen and oxygen atoms in total. The fraction of sp³-hybridized carbons (Fsp3) is 0.343. The van der Waals surface area contributed by atoms with Gasteiger partial charge >= 0.3 is 0 Å². The molecule has 246 valence electrons. The number of amides is 2. The largest absolute Gasteiger partial charge is 0.493 e. The fourth-order valence-corrected chi connectivity index (χ4v) is 5.75. The number of rotatable bonds is 11. The Labute approximate surface area is 271 Å². The molecule has 47 heavy (non-hydrogen) atoms. The van der Waals surface area contributed by atoms with Crippen LogP contribution in [0, 0.1) is 17.0 Å². The minimum atomic E-state index is -1.37. The van der Waals surface area contributed by atoms with Gasteiger partial charge in [-0.1, -0.05) is 0 Å². The Morgan fingerprint density at radius 3 is 2.51 bits per heavy atom. The van der Waals surface area contributed by atoms with E-state index in [0.29, 0.717) is 47.0 Å². The SMILES string of the molecule is COc1cc2c(Oc3ccc(NC(=O)[C@@]4(C)CCN(c5ccc(F)cc5)C4=O)cc3F)ccnc2cc1OCCCN1CCOCC1. The van der Waals surface area contributed by atoms with Gasteiger partial charge in [0, 0.05) is 61.3 Å². The molecule has 0 spiro atoms. The molecule has 2 aliphatic rings. The van der Waals surface area contributed by atoms with Crippen molar-refractivity contribution in [1.82, 2.24) is 9.88 Å². The lowest BCUT2D eigenvalue weighted by Crippen LogP contribution is -2.41. The zero-order valence-corrected chi connectivity index (χ0v) is 26.3. The van der Waals surface area contributed by atoms with E-state index in [0.717, 1.165) is 45.3 Å². The van der Waals surface area contributed by atoms with E-state index in [2.05, 4.69) is 15.2 Å². The first-order valence-corrected chi connectivity index (χ1v) is 15.5. The number of methoxy groups -OCH3 is 1. The molecular weight excluding hydrogens is 610 g/mol. The number of nitrogens with zero attached hydrogens (tertiary/aromatic N) is 3. The van der Waals surface area contributed by atoms with Crippen molar-refractivity contribution in [2.75, 3.05) is 63.3 Å². The number of fused-ring (bicyclic) bond motifs is 1. The third-order valence-corrected chi connectivity index (χ3v) is 8.57. The van der Waals surface area contributed by atoms with Gasteiger partial charge in [-0.2, -0.15) is 0 Å². The molecule has 1 N–H and O–H groups in total. The van der Waals surface area contributed by atoms with E-state index < -0.39 is 28.9 Å². The number of carbonyl (C=O) groups excluding carboxylic acids is 2. The van der Waals surface area contributed by atoms with E-state index in [1.165, 1.54) is 41.3 Å². The van der Waals surface area contributed by atoms with Crippen LogP contribution in [0.4, 0.5) is 20.2 Å². The second kappa shape index (κ2) is 13.9. The molecule has 2 saturated heterocycles. The molecule has 2 amide bonds. The summed E-state index contributed by atoms with van der Waals surface area (Å²) in [7, 11) is 1.55. The summed E-state index contributed by atoms with van der Waals surface area (Å²) in [6.45, 7) is 6.60. The number of halogens is 2. The molecule has 0 aliphatic carbocycles. The smallest absolute Gasteiger partial charge is 0.242 e. The summed E-state index contributed by atoms with van der Waals surface area (Å²) < 4.78 is 51.7. The standard InChI is InChI=1S/C35H36F2N4O6/c1-35(11-14-41(34(35)43)25-7-4-23(36)5-8-25)33(42)39-24-6-9-30(27(37)20-24)47-29-10-12-38-28-22-32(31(44-2)21-26(28)29)46-17-3-13-40-15-18-45-19-16-40/h4-10,12,20-22H,3,11,13-19H2,1-2H3,(H,39,42)/t35-/m1/s1. The second-order valence-electron chi connectivity index (χ2n) is 11.7. The van der Waals surface area contributed by atoms with Crippen LogP contribution in [0.25, 0.3) is 10.9 Å². The van der Waals surface area contributed by atoms with Crippen LogP contribution in [-0.4, -0.2) is 74.8 Å². The van der Waals surface area contributed by atoms with Gasteiger partial charge in [0.1, 0.15) is 17.0 Å². The summed E-state index contributed by atoms with van der Waals surface area (Å²) in [4.78, 5) is 34.7. The van der Waals surface area contributed by atoms with E-state index in [9.17, 15) is 14.0 Å². The highest BCUT2D eigenvalue weighted by Crippen LogP contribution is 2.39. The van der Waals surface area contributed by atoms with Crippen molar-refractivity contribution in [3.05, 3.63) is 78.5 Å². The molecule has 0 bridgehead atoms. The molecule has 4 aromatic rings. The Morgan fingerprint density at radius 2 is 1.77 bits per heavy atom. The summed E-state index contributed by atoms with van der Waals surface area (Å²) in [6.07, 6.45) is 2.66. The third-order valence-electron chi connectivity index (χ3n) is 8.57. The van der Waals surface area contributed by atoms with Crippen LogP contribution in [0.5, 0.6) is 23.0 Å². The van der Waals surface area contributed by atoms with Crippen LogP contribution in [0.3, 0.4) is 0 Å². The number of hydrogen-bond donors (Lipinski definition) is 1. The number of hydrogen-bond acceptors (Lipinski definition) is 8. The van der Waals surface area contributed by atoms with E-state index in [4.69, 9.17) is 18.9 Å². The van der Waals surface area contributed by atoms with Gasteiger partial charge in [0.2, 0.25) is 11.8 Å². The van der Waals surface area contributed by atoms with Crippen LogP contribution < -0.4 is 24.4 Å². The Morgan fingerprint density at radius 1 is 0.979 bits per heavy atom. The Kier molecular flexibility index (Phi) is 9.50. The van der Waals surface area contributed by atoms with Crippen molar-refractivity contribution >= 4 is 34.1 Å². The summed E-state index contributed by atoms with van der Waals surface area (Å²) in [6, 6.07) is 14.7. The maximum absolute atomic E-state index is 15.3. The van der Waals surface area contributed by atoms with Crippen molar-refractivity contribution in [3.8, 4) is 23.0 Å². The molecule has 0 radical (unpaired) electrons. The highest BCUT2D eigenvalue weighted by molar-refractivity contribution is 6.16. The van der Waals surface area contributed by atoms with Gasteiger partial charge in [0.05, 0.1) is 32.4 Å². The zero-order chi connectivity index (χ0) is 33.0. The minimum Gasteiger partial charge on any atom is -0.493 e. The normalized spacial score (nSPS) is 18.4. The van der Waals surface area contributed by atoms with Crippen molar-refractivity contribution in [3.63, 3.8) is 0 Å². The molecule has 3 heterocycles. The summed E-state index contributed by atoms with van der Waals surface area (Å²) in [5.41, 5.74) is -0.115. The van der Waals surface area contributed by atoms with Gasteiger partial charge in [-0.05, 0) is 68.3 Å². The van der Waals surface area contributed by atoms with Crippen molar-refractivity contribution in [2.24, 2.45) is 5.41 Å². The number of nitrogens with one attached hydrogen (secondary N) is 1. The maximum atomic E-state index is 15.3. The van der Waals surface area contributed by atoms with E-state index >= 15 is 4.39 Å². The molecule has 2 fully saturated rings. The van der Waals surface area contributed by atoms with Crippen molar-refractivity contribution < 1.29 is 37.3 Å². The lowest BCUT2D eigenvalue weighted by molar-refractivity contribution is -0.135. The molecule has 6 rings (SSSR count). The van der Waals surface area contributed by atoms with Crippen molar-refractivity contribution in [2.45, 2.75) is 19.8 Å². The van der Waals surface area contributed by atoms with Crippen LogP contribution in [0.1, 0.15) is 19.8 Å². The molecule has 1 atom stereocenters. The maximum Gasteiger partial charge on any atom is 0.242 e. The van der Waals surface area contributed by atoms with Gasteiger partial charge in [-0.3, -0.25) is 19.5 Å². The number of benzene rings is 3. The number of anilines is 2. The molecule has 1 aromatic heterocycles. The highest BCUT2D eigenvalue weighted by Gasteiger charge is 2.49. The minimum absolute atomic E-state index is 0.0662. The zero-order valence-electron chi connectivity index (χ0n) is 26.3. The number of carbonyl (C=O) groups is 2. The Bertz CT molecular complexity index is 1770. The number of morpholine rings is 1. The summed E-state index contributed by atoms with van der Waals surface area (Å²) in [5, 5.41) is 3.26. The average molecular weight is 647 g/mol. The van der Waals surface area contributed by atoms with Crippen LogP contribution in [-0.2, 0) is 14.3 Å². The highest BCUT2D eigenvalue weighted by atomic mass is 19.1. The lowest BCUT2D eigenvalue weighted by atomic mass is 9.87. The predicted molar refractivity (Wildman–Crippen MR) is 172 cm³/mol. The predicted octanol–water partition coefficient (Wildman–Crippen LogP) is 5.80. The number of ether oxygens (including phenoxy) is 4. The lowest BCUT2D eigenvalue weighted by Gasteiger charge is -2.26. The number of aromatic nitrogens is 1. The molecule has 0 unspecified atom stereocenters. The third kappa shape index (κ3) is 6.98. The van der Waals surface area contributed by atoms with Gasteiger partial charge < -0.3 is 29.2 Å². The van der Waals surface area contributed by atoms with Gasteiger partial charge in [-0.25, -0.2) is 8.78 Å².